The number of benzene rings is 1. The maximum absolute atomic E-state index is 13.8. The summed E-state index contributed by atoms with van der Waals surface area (Å²) in [5, 5.41) is 4.35. The van der Waals surface area contributed by atoms with Gasteiger partial charge in [-0.15, -0.1) is 0 Å². The van der Waals surface area contributed by atoms with Crippen LogP contribution in [0.15, 0.2) is 48.8 Å². The molecular weight excluding hydrogens is 335 g/mol. The van der Waals surface area contributed by atoms with Crippen LogP contribution < -0.4 is 9.47 Å². The van der Waals surface area contributed by atoms with Gasteiger partial charge in [-0.25, -0.2) is 9.37 Å². The van der Waals surface area contributed by atoms with Crippen LogP contribution in [0, 0.1) is 5.82 Å². The fourth-order valence-corrected chi connectivity index (χ4v) is 2.27. The molecule has 0 fully saturated rings. The molecule has 0 unspecified atom stereocenters. The van der Waals surface area contributed by atoms with E-state index < -0.39 is 18.2 Å². The third-order valence-electron chi connectivity index (χ3n) is 3.44. The Hall–Kier alpha value is -3.03. The Morgan fingerprint density at radius 2 is 2.00 bits per heavy atom. The highest BCUT2D eigenvalue weighted by molar-refractivity contribution is 5.60. The molecule has 0 aliphatic carbocycles. The van der Waals surface area contributed by atoms with E-state index in [4.69, 9.17) is 4.74 Å². The molecule has 3 aromatic rings. The molecule has 5 nitrogen and oxygen atoms in total. The van der Waals surface area contributed by atoms with Crippen molar-refractivity contribution >= 4 is 0 Å². The second-order valence-electron chi connectivity index (χ2n) is 5.13. The van der Waals surface area contributed by atoms with Crippen molar-refractivity contribution in [1.82, 2.24) is 14.8 Å². The average molecular weight is 349 g/mol. The summed E-state index contributed by atoms with van der Waals surface area (Å²) >= 11 is 0. The highest BCUT2D eigenvalue weighted by atomic mass is 19.3. The van der Waals surface area contributed by atoms with Gasteiger partial charge in [-0.3, -0.25) is 4.68 Å². The van der Waals surface area contributed by atoms with E-state index in [1.165, 1.54) is 6.07 Å². The quantitative estimate of drug-likeness (QED) is 0.680. The zero-order valence-corrected chi connectivity index (χ0v) is 13.2. The van der Waals surface area contributed by atoms with Gasteiger partial charge in [0, 0.05) is 24.0 Å². The Morgan fingerprint density at radius 1 is 1.16 bits per heavy atom. The largest absolute Gasteiger partial charge is 0.481 e. The number of halogens is 3. The lowest BCUT2D eigenvalue weighted by atomic mass is 10.1. The monoisotopic (exact) mass is 349 g/mol. The molecule has 0 saturated heterocycles. The molecule has 130 valence electrons. The average Bonchev–Trinajstić information content (AvgIpc) is 3.05. The van der Waals surface area contributed by atoms with Crippen LogP contribution in [-0.4, -0.2) is 28.5 Å². The number of hydrogen-bond donors (Lipinski definition) is 0. The van der Waals surface area contributed by atoms with E-state index >= 15 is 0 Å². The van der Waals surface area contributed by atoms with Crippen LogP contribution in [0.25, 0.3) is 11.3 Å². The molecule has 0 radical (unpaired) electrons. The summed E-state index contributed by atoms with van der Waals surface area (Å²) in [6.07, 6.45) is 3.41. The Morgan fingerprint density at radius 3 is 2.64 bits per heavy atom. The fraction of sp³-hybridized carbons (Fsp3) is 0.176. The number of alkyl halides is 2. The molecule has 3 rings (SSSR count). The van der Waals surface area contributed by atoms with Gasteiger partial charge in [-0.1, -0.05) is 6.07 Å². The molecule has 0 saturated carbocycles. The minimum atomic E-state index is -3.07. The van der Waals surface area contributed by atoms with Gasteiger partial charge >= 0.3 is 6.61 Å². The summed E-state index contributed by atoms with van der Waals surface area (Å²) in [6.45, 7) is -2.59. The van der Waals surface area contributed by atoms with Crippen LogP contribution >= 0.6 is 0 Å². The topological polar surface area (TPSA) is 49.2 Å². The first-order chi connectivity index (χ1) is 12.0. The number of nitrogens with zero attached hydrogens (tertiary/aromatic N) is 3. The lowest BCUT2D eigenvalue weighted by molar-refractivity contribution is -0.0521. The lowest BCUT2D eigenvalue weighted by Gasteiger charge is -2.06. The van der Waals surface area contributed by atoms with Crippen molar-refractivity contribution in [1.29, 1.82) is 0 Å². The van der Waals surface area contributed by atoms with Gasteiger partial charge in [0.1, 0.15) is 0 Å². The van der Waals surface area contributed by atoms with Gasteiger partial charge in [0.25, 0.3) is 0 Å². The highest BCUT2D eigenvalue weighted by Crippen LogP contribution is 2.25. The molecule has 0 N–H and O–H groups in total. The first-order valence-electron chi connectivity index (χ1n) is 7.32. The van der Waals surface area contributed by atoms with Gasteiger partial charge in [0.2, 0.25) is 5.88 Å². The summed E-state index contributed by atoms with van der Waals surface area (Å²) in [5.41, 5.74) is 1.90. The molecule has 0 bridgehead atoms. The highest BCUT2D eigenvalue weighted by Gasteiger charge is 2.12. The number of ether oxygens (including phenoxy) is 2. The molecule has 2 heterocycles. The third-order valence-corrected chi connectivity index (χ3v) is 3.44. The SMILES string of the molecule is COc1ccc(Cn2ccc(-c3ccc(OC(F)F)c(F)c3)n2)cn1. The molecule has 1 aromatic carbocycles. The Labute approximate surface area is 141 Å². The molecule has 0 amide bonds. The molecule has 0 spiro atoms. The first kappa shape index (κ1) is 16.8. The molecule has 0 aliphatic rings. The first-order valence-corrected chi connectivity index (χ1v) is 7.32. The van der Waals surface area contributed by atoms with Crippen LogP contribution in [0.4, 0.5) is 13.2 Å². The van der Waals surface area contributed by atoms with Crippen molar-refractivity contribution in [3.63, 3.8) is 0 Å². The summed E-state index contributed by atoms with van der Waals surface area (Å²) < 4.78 is 48.9. The van der Waals surface area contributed by atoms with E-state index in [1.807, 2.05) is 6.07 Å². The molecule has 0 atom stereocenters. The van der Waals surface area contributed by atoms with E-state index in [0.29, 0.717) is 23.7 Å². The van der Waals surface area contributed by atoms with Gasteiger partial charge < -0.3 is 9.47 Å². The van der Waals surface area contributed by atoms with Crippen molar-refractivity contribution in [3.8, 4) is 22.9 Å². The van der Waals surface area contributed by atoms with E-state index in [0.717, 1.165) is 17.7 Å². The number of hydrogen-bond acceptors (Lipinski definition) is 4. The molecule has 0 aliphatic heterocycles. The number of pyridine rings is 1. The van der Waals surface area contributed by atoms with Crippen molar-refractivity contribution in [2.24, 2.45) is 0 Å². The smallest absolute Gasteiger partial charge is 0.387 e. The van der Waals surface area contributed by atoms with Crippen molar-refractivity contribution in [3.05, 3.63) is 60.2 Å². The van der Waals surface area contributed by atoms with Crippen molar-refractivity contribution in [2.45, 2.75) is 13.2 Å². The third kappa shape index (κ3) is 4.09. The number of methoxy groups -OCH3 is 1. The Kier molecular flexibility index (Phi) is 4.87. The van der Waals surface area contributed by atoms with Crippen LogP contribution in [0.1, 0.15) is 5.56 Å². The fourth-order valence-electron chi connectivity index (χ4n) is 2.27. The predicted molar refractivity (Wildman–Crippen MR) is 84.1 cm³/mol. The number of rotatable bonds is 6. The van der Waals surface area contributed by atoms with Gasteiger partial charge in [-0.2, -0.15) is 13.9 Å². The van der Waals surface area contributed by atoms with Crippen LogP contribution in [-0.2, 0) is 6.54 Å². The van der Waals surface area contributed by atoms with Crippen LogP contribution in [0.2, 0.25) is 0 Å². The summed E-state index contributed by atoms with van der Waals surface area (Å²) in [6, 6.07) is 9.06. The van der Waals surface area contributed by atoms with Crippen molar-refractivity contribution in [2.75, 3.05) is 7.11 Å². The van der Waals surface area contributed by atoms with Crippen LogP contribution in [0.5, 0.6) is 11.6 Å². The van der Waals surface area contributed by atoms with E-state index in [-0.39, 0.29) is 0 Å². The summed E-state index contributed by atoms with van der Waals surface area (Å²) in [4.78, 5) is 4.12. The molecular formula is C17H14F3N3O2. The standard InChI is InChI=1S/C17H14F3N3O2/c1-24-16-5-2-11(9-21-16)10-23-7-6-14(22-23)12-3-4-15(13(18)8-12)25-17(19)20/h2-9,17H,10H2,1H3. The second kappa shape index (κ2) is 7.25. The van der Waals surface area contributed by atoms with Gasteiger partial charge in [0.05, 0.1) is 19.3 Å². The molecule has 8 heteroatoms. The zero-order chi connectivity index (χ0) is 17.8. The minimum absolute atomic E-state index is 0.464. The normalized spacial score (nSPS) is 10.9. The van der Waals surface area contributed by atoms with Gasteiger partial charge in [0.15, 0.2) is 11.6 Å². The molecule has 2 aromatic heterocycles. The van der Waals surface area contributed by atoms with Gasteiger partial charge in [-0.05, 0) is 29.8 Å². The maximum atomic E-state index is 13.8. The molecule has 25 heavy (non-hydrogen) atoms. The number of aromatic nitrogens is 3. The van der Waals surface area contributed by atoms with Crippen molar-refractivity contribution < 1.29 is 22.6 Å². The maximum Gasteiger partial charge on any atom is 0.387 e. The van der Waals surface area contributed by atoms with Crippen LogP contribution in [0.3, 0.4) is 0 Å². The van der Waals surface area contributed by atoms with E-state index in [1.54, 1.807) is 36.3 Å². The second-order valence-corrected chi connectivity index (χ2v) is 5.13. The Balaban J connectivity index is 1.75. The Bertz CT molecular complexity index is 851. The lowest BCUT2D eigenvalue weighted by Crippen LogP contribution is -2.03. The summed E-state index contributed by atoms with van der Waals surface area (Å²) in [7, 11) is 1.54. The minimum Gasteiger partial charge on any atom is -0.481 e. The van der Waals surface area contributed by atoms with E-state index in [2.05, 4.69) is 14.8 Å². The summed E-state index contributed by atoms with van der Waals surface area (Å²) in [5.74, 6) is -0.847. The zero-order valence-electron chi connectivity index (χ0n) is 13.2. The predicted octanol–water partition coefficient (Wildman–Crippen LogP) is 3.74. The van der Waals surface area contributed by atoms with E-state index in [9.17, 15) is 13.2 Å².